The highest BCUT2D eigenvalue weighted by molar-refractivity contribution is 6.02. The molecule has 1 aromatic heterocycles. The molecule has 6 nitrogen and oxygen atoms in total. The Morgan fingerprint density at radius 2 is 2.21 bits per heavy atom. The third-order valence-corrected chi connectivity index (χ3v) is 2.97. The Balaban J connectivity index is 1.78. The molecule has 0 saturated heterocycles. The zero-order valence-electron chi connectivity index (χ0n) is 10.1. The molecular weight excluding hydrogens is 242 g/mol. The molecule has 1 fully saturated rings. The number of hydrogen-bond donors (Lipinski definition) is 2. The lowest BCUT2D eigenvalue weighted by atomic mass is 10.2. The summed E-state index contributed by atoms with van der Waals surface area (Å²) in [5.74, 6) is 0.875. The first-order chi connectivity index (χ1) is 9.28. The van der Waals surface area contributed by atoms with E-state index < -0.39 is 5.91 Å². The molecule has 1 aliphatic rings. The Labute approximate surface area is 109 Å². The van der Waals surface area contributed by atoms with Crippen molar-refractivity contribution in [3.8, 4) is 6.07 Å². The molecule has 1 heterocycles. The summed E-state index contributed by atoms with van der Waals surface area (Å²) in [5.41, 5.74) is 0.876. The molecule has 0 atom stereocenters. The Kier molecular flexibility index (Phi) is 2.72. The van der Waals surface area contributed by atoms with Crippen molar-refractivity contribution in [3.05, 3.63) is 41.5 Å². The number of nitrogens with one attached hydrogen (secondary N) is 2. The van der Waals surface area contributed by atoms with Crippen LogP contribution < -0.4 is 5.32 Å². The highest BCUT2D eigenvalue weighted by atomic mass is 16.2. The van der Waals surface area contributed by atoms with Crippen molar-refractivity contribution in [2.45, 2.75) is 18.8 Å². The maximum atomic E-state index is 12.0. The summed E-state index contributed by atoms with van der Waals surface area (Å²) in [6.07, 6.45) is 2.18. The summed E-state index contributed by atoms with van der Waals surface area (Å²) in [6, 6.07) is 8.83. The van der Waals surface area contributed by atoms with Gasteiger partial charge in [-0.25, -0.2) is 4.98 Å². The largest absolute Gasteiger partial charge is 0.318 e. The second-order valence-corrected chi connectivity index (χ2v) is 4.43. The number of benzene rings is 1. The minimum Gasteiger partial charge on any atom is -0.318 e. The molecule has 2 N–H and O–H groups in total. The normalized spacial score (nSPS) is 13.8. The predicted octanol–water partition coefficient (Wildman–Crippen LogP) is 1.81. The summed E-state index contributed by atoms with van der Waals surface area (Å²) in [6.45, 7) is 0. The second kappa shape index (κ2) is 4.53. The fourth-order valence-corrected chi connectivity index (χ4v) is 1.78. The van der Waals surface area contributed by atoms with Gasteiger partial charge < -0.3 is 5.32 Å². The van der Waals surface area contributed by atoms with E-state index >= 15 is 0 Å². The Morgan fingerprint density at radius 1 is 1.42 bits per heavy atom. The molecule has 19 heavy (non-hydrogen) atoms. The standard InChI is InChI=1S/C13H11N5O/c14-7-9-3-1-2-4-10(9)15-13(19)12-16-11(17-18-12)8-5-6-8/h1-4,8H,5-6H2,(H,15,19)(H,16,17,18). The smallest absolute Gasteiger partial charge is 0.295 e. The second-order valence-electron chi connectivity index (χ2n) is 4.43. The van der Waals surface area contributed by atoms with Gasteiger partial charge in [0.2, 0.25) is 5.82 Å². The van der Waals surface area contributed by atoms with Gasteiger partial charge in [-0.05, 0) is 25.0 Å². The van der Waals surface area contributed by atoms with Crippen LogP contribution in [0, 0.1) is 11.3 Å². The molecule has 0 aliphatic heterocycles. The number of para-hydroxylation sites is 1. The first-order valence-electron chi connectivity index (χ1n) is 6.00. The van der Waals surface area contributed by atoms with E-state index in [1.807, 2.05) is 6.07 Å². The van der Waals surface area contributed by atoms with Crippen LogP contribution in [0.4, 0.5) is 5.69 Å². The van der Waals surface area contributed by atoms with Gasteiger partial charge in [0.05, 0.1) is 11.3 Å². The molecular formula is C13H11N5O. The fourth-order valence-electron chi connectivity index (χ4n) is 1.78. The SMILES string of the molecule is N#Cc1ccccc1NC(=O)c1n[nH]c(C2CC2)n1. The summed E-state index contributed by atoms with van der Waals surface area (Å²) in [5, 5.41) is 18.3. The quantitative estimate of drug-likeness (QED) is 0.872. The van der Waals surface area contributed by atoms with Crippen molar-refractivity contribution in [2.24, 2.45) is 0 Å². The first kappa shape index (κ1) is 11.4. The molecule has 1 amide bonds. The molecule has 0 radical (unpaired) electrons. The number of amides is 1. The van der Waals surface area contributed by atoms with E-state index in [4.69, 9.17) is 5.26 Å². The predicted molar refractivity (Wildman–Crippen MR) is 67.5 cm³/mol. The number of aromatic nitrogens is 3. The van der Waals surface area contributed by atoms with Crippen molar-refractivity contribution in [1.82, 2.24) is 15.2 Å². The van der Waals surface area contributed by atoms with Gasteiger partial charge in [0.15, 0.2) is 0 Å². The summed E-state index contributed by atoms with van der Waals surface area (Å²) < 4.78 is 0. The number of anilines is 1. The third kappa shape index (κ3) is 2.31. The van der Waals surface area contributed by atoms with Crippen LogP contribution >= 0.6 is 0 Å². The molecule has 3 rings (SSSR count). The van der Waals surface area contributed by atoms with Gasteiger partial charge in [-0.3, -0.25) is 9.89 Å². The van der Waals surface area contributed by atoms with Crippen LogP contribution in [0.3, 0.4) is 0 Å². The van der Waals surface area contributed by atoms with Gasteiger partial charge in [0.25, 0.3) is 5.91 Å². The molecule has 1 saturated carbocycles. The Hall–Kier alpha value is -2.68. The number of nitriles is 1. The van der Waals surface area contributed by atoms with E-state index in [0.29, 0.717) is 17.2 Å². The lowest BCUT2D eigenvalue weighted by Crippen LogP contribution is -2.14. The van der Waals surface area contributed by atoms with Crippen molar-refractivity contribution in [1.29, 1.82) is 5.26 Å². The van der Waals surface area contributed by atoms with Crippen LogP contribution in [0.2, 0.25) is 0 Å². The van der Waals surface area contributed by atoms with Crippen LogP contribution in [0.15, 0.2) is 24.3 Å². The number of nitrogens with zero attached hydrogens (tertiary/aromatic N) is 3. The Bertz CT molecular complexity index is 666. The fraction of sp³-hybridized carbons (Fsp3) is 0.231. The summed E-state index contributed by atoms with van der Waals surface area (Å²) in [4.78, 5) is 16.1. The maximum absolute atomic E-state index is 12.0. The van der Waals surface area contributed by atoms with E-state index in [9.17, 15) is 4.79 Å². The molecule has 94 valence electrons. The first-order valence-corrected chi connectivity index (χ1v) is 6.00. The van der Waals surface area contributed by atoms with E-state index in [0.717, 1.165) is 18.7 Å². The van der Waals surface area contributed by atoms with E-state index in [-0.39, 0.29) is 5.82 Å². The van der Waals surface area contributed by atoms with Crippen molar-refractivity contribution < 1.29 is 4.79 Å². The zero-order valence-corrected chi connectivity index (χ0v) is 10.1. The average molecular weight is 253 g/mol. The van der Waals surface area contributed by atoms with Crippen LogP contribution in [0.25, 0.3) is 0 Å². The van der Waals surface area contributed by atoms with Gasteiger partial charge in [0.1, 0.15) is 11.9 Å². The summed E-state index contributed by atoms with van der Waals surface area (Å²) in [7, 11) is 0. The minimum absolute atomic E-state index is 0.106. The van der Waals surface area contributed by atoms with E-state index in [2.05, 4.69) is 20.5 Å². The Morgan fingerprint density at radius 3 is 2.95 bits per heavy atom. The van der Waals surface area contributed by atoms with Crippen LogP contribution in [0.5, 0.6) is 0 Å². The van der Waals surface area contributed by atoms with Crippen LogP contribution in [-0.4, -0.2) is 21.1 Å². The molecule has 0 bridgehead atoms. The van der Waals surface area contributed by atoms with Gasteiger partial charge in [-0.2, -0.15) is 5.26 Å². The van der Waals surface area contributed by atoms with E-state index in [1.54, 1.807) is 24.3 Å². The van der Waals surface area contributed by atoms with Gasteiger partial charge >= 0.3 is 0 Å². The summed E-state index contributed by atoms with van der Waals surface area (Å²) >= 11 is 0. The number of H-pyrrole nitrogens is 1. The number of aromatic amines is 1. The van der Waals surface area contributed by atoms with Crippen molar-refractivity contribution in [3.63, 3.8) is 0 Å². The van der Waals surface area contributed by atoms with Crippen LogP contribution in [-0.2, 0) is 0 Å². The number of carbonyl (C=O) groups excluding carboxylic acids is 1. The van der Waals surface area contributed by atoms with E-state index in [1.165, 1.54) is 0 Å². The molecule has 1 aromatic carbocycles. The molecule has 6 heteroatoms. The van der Waals surface area contributed by atoms with Crippen molar-refractivity contribution >= 4 is 11.6 Å². The van der Waals surface area contributed by atoms with Gasteiger partial charge in [-0.1, -0.05) is 12.1 Å². The average Bonchev–Trinajstić information content (AvgIpc) is 3.17. The number of hydrogen-bond acceptors (Lipinski definition) is 4. The highest BCUT2D eigenvalue weighted by Gasteiger charge is 2.28. The monoisotopic (exact) mass is 253 g/mol. The minimum atomic E-state index is -0.411. The maximum Gasteiger partial charge on any atom is 0.295 e. The topological polar surface area (TPSA) is 94.5 Å². The number of carbonyl (C=O) groups is 1. The lowest BCUT2D eigenvalue weighted by molar-refractivity contribution is 0.101. The number of rotatable bonds is 3. The molecule has 0 spiro atoms. The zero-order chi connectivity index (χ0) is 13.2. The van der Waals surface area contributed by atoms with Gasteiger partial charge in [-0.15, -0.1) is 5.10 Å². The van der Waals surface area contributed by atoms with Crippen molar-refractivity contribution in [2.75, 3.05) is 5.32 Å². The lowest BCUT2D eigenvalue weighted by Gasteiger charge is -2.03. The van der Waals surface area contributed by atoms with Gasteiger partial charge in [0, 0.05) is 5.92 Å². The molecule has 1 aliphatic carbocycles. The molecule has 0 unspecified atom stereocenters. The highest BCUT2D eigenvalue weighted by Crippen LogP contribution is 2.37. The third-order valence-electron chi connectivity index (χ3n) is 2.97. The van der Waals surface area contributed by atoms with Crippen LogP contribution in [0.1, 0.15) is 40.8 Å². The molecule has 2 aromatic rings.